The number of nitrogens with one attached hydrogen (secondary N) is 1. The van der Waals surface area contributed by atoms with Crippen LogP contribution in [0, 0.1) is 5.92 Å². The highest BCUT2D eigenvalue weighted by molar-refractivity contribution is 4.69. The average molecular weight is 214 g/mol. The quantitative estimate of drug-likeness (QED) is 0.722. The Labute approximate surface area is 94.2 Å². The number of morpholine rings is 1. The predicted octanol–water partition coefficient (Wildman–Crippen LogP) is 1.34. The molecule has 90 valence electrons. The summed E-state index contributed by atoms with van der Waals surface area (Å²) in [7, 11) is 0. The molecule has 1 heterocycles. The Kier molecular flexibility index (Phi) is 6.22. The van der Waals surface area contributed by atoms with E-state index in [2.05, 4.69) is 31.0 Å². The Morgan fingerprint density at radius 3 is 2.53 bits per heavy atom. The lowest BCUT2D eigenvalue weighted by atomic mass is 10.0. The molecular formula is C12H26N2O. The molecule has 0 amide bonds. The first kappa shape index (κ1) is 12.9. The van der Waals surface area contributed by atoms with Crippen LogP contribution in [-0.4, -0.2) is 50.3 Å². The van der Waals surface area contributed by atoms with Gasteiger partial charge in [-0.15, -0.1) is 0 Å². The van der Waals surface area contributed by atoms with E-state index < -0.39 is 0 Å². The summed E-state index contributed by atoms with van der Waals surface area (Å²) in [4.78, 5) is 2.47. The SMILES string of the molecule is CC[C@@H](C)C(C)NCCN1CCOCC1. The lowest BCUT2D eigenvalue weighted by molar-refractivity contribution is 0.0380. The summed E-state index contributed by atoms with van der Waals surface area (Å²) < 4.78 is 5.32. The van der Waals surface area contributed by atoms with Gasteiger partial charge in [0.2, 0.25) is 0 Å². The van der Waals surface area contributed by atoms with Crippen LogP contribution in [-0.2, 0) is 4.74 Å². The third-order valence-corrected chi connectivity index (χ3v) is 3.50. The predicted molar refractivity (Wildman–Crippen MR) is 64.2 cm³/mol. The van der Waals surface area contributed by atoms with Crippen LogP contribution in [0.15, 0.2) is 0 Å². The summed E-state index contributed by atoms with van der Waals surface area (Å²) in [6.07, 6.45) is 1.26. The van der Waals surface area contributed by atoms with Crippen LogP contribution in [0.3, 0.4) is 0 Å². The van der Waals surface area contributed by atoms with Crippen molar-refractivity contribution in [3.63, 3.8) is 0 Å². The molecule has 0 aromatic heterocycles. The van der Waals surface area contributed by atoms with Crippen molar-refractivity contribution in [3.05, 3.63) is 0 Å². The zero-order valence-corrected chi connectivity index (χ0v) is 10.5. The minimum atomic E-state index is 0.635. The van der Waals surface area contributed by atoms with Gasteiger partial charge in [0.1, 0.15) is 0 Å². The number of nitrogens with zero attached hydrogens (tertiary/aromatic N) is 1. The highest BCUT2D eigenvalue weighted by Gasteiger charge is 2.12. The normalized spacial score (nSPS) is 22.6. The van der Waals surface area contributed by atoms with Crippen LogP contribution in [0.2, 0.25) is 0 Å². The molecule has 3 nitrogen and oxygen atoms in total. The van der Waals surface area contributed by atoms with Gasteiger partial charge in [-0.3, -0.25) is 4.90 Å². The molecule has 0 saturated carbocycles. The van der Waals surface area contributed by atoms with Crippen molar-refractivity contribution < 1.29 is 4.74 Å². The summed E-state index contributed by atoms with van der Waals surface area (Å²) in [6.45, 7) is 13.1. The number of hydrogen-bond donors (Lipinski definition) is 1. The van der Waals surface area contributed by atoms with Crippen molar-refractivity contribution in [2.24, 2.45) is 5.92 Å². The zero-order chi connectivity index (χ0) is 11.1. The van der Waals surface area contributed by atoms with Crippen LogP contribution >= 0.6 is 0 Å². The second-order valence-corrected chi connectivity index (χ2v) is 4.58. The number of rotatable bonds is 6. The van der Waals surface area contributed by atoms with Gasteiger partial charge in [0, 0.05) is 32.2 Å². The minimum absolute atomic E-state index is 0.635. The smallest absolute Gasteiger partial charge is 0.0594 e. The summed E-state index contributed by atoms with van der Waals surface area (Å²) in [5.74, 6) is 0.773. The van der Waals surface area contributed by atoms with Crippen LogP contribution in [0.25, 0.3) is 0 Å². The molecule has 0 bridgehead atoms. The fraction of sp³-hybridized carbons (Fsp3) is 1.00. The Bertz CT molecular complexity index is 156. The van der Waals surface area contributed by atoms with Crippen LogP contribution in [0.4, 0.5) is 0 Å². The van der Waals surface area contributed by atoms with Crippen molar-refractivity contribution in [2.75, 3.05) is 39.4 Å². The van der Waals surface area contributed by atoms with Crippen molar-refractivity contribution in [1.29, 1.82) is 0 Å². The zero-order valence-electron chi connectivity index (χ0n) is 10.5. The lowest BCUT2D eigenvalue weighted by Gasteiger charge is -2.28. The Balaban J connectivity index is 2.04. The Hall–Kier alpha value is -0.120. The third-order valence-electron chi connectivity index (χ3n) is 3.50. The topological polar surface area (TPSA) is 24.5 Å². The monoisotopic (exact) mass is 214 g/mol. The highest BCUT2D eigenvalue weighted by atomic mass is 16.5. The summed E-state index contributed by atoms with van der Waals surface area (Å²) in [5, 5.41) is 3.60. The van der Waals surface area contributed by atoms with Crippen LogP contribution in [0.5, 0.6) is 0 Å². The first-order chi connectivity index (χ1) is 7.24. The van der Waals surface area contributed by atoms with E-state index in [9.17, 15) is 0 Å². The van der Waals surface area contributed by atoms with E-state index in [0.29, 0.717) is 6.04 Å². The van der Waals surface area contributed by atoms with Crippen molar-refractivity contribution >= 4 is 0 Å². The van der Waals surface area contributed by atoms with Gasteiger partial charge < -0.3 is 10.1 Å². The molecule has 3 heteroatoms. The highest BCUT2D eigenvalue weighted by Crippen LogP contribution is 2.06. The maximum absolute atomic E-state index is 5.32. The van der Waals surface area contributed by atoms with Crippen molar-refractivity contribution in [3.8, 4) is 0 Å². The summed E-state index contributed by atoms with van der Waals surface area (Å²) in [6, 6.07) is 0.635. The second kappa shape index (κ2) is 7.20. The maximum Gasteiger partial charge on any atom is 0.0594 e. The summed E-state index contributed by atoms with van der Waals surface area (Å²) >= 11 is 0. The first-order valence-corrected chi connectivity index (χ1v) is 6.27. The van der Waals surface area contributed by atoms with Gasteiger partial charge in [-0.05, 0) is 12.8 Å². The average Bonchev–Trinajstić information content (AvgIpc) is 2.29. The van der Waals surface area contributed by atoms with Gasteiger partial charge in [0.15, 0.2) is 0 Å². The van der Waals surface area contributed by atoms with E-state index in [4.69, 9.17) is 4.74 Å². The molecule has 1 aliphatic heterocycles. The molecule has 1 N–H and O–H groups in total. The molecule has 0 aromatic rings. The van der Waals surface area contributed by atoms with E-state index in [1.807, 2.05) is 0 Å². The third kappa shape index (κ3) is 4.96. The molecule has 0 radical (unpaired) electrons. The molecule has 2 atom stereocenters. The van der Waals surface area contributed by atoms with Gasteiger partial charge in [-0.2, -0.15) is 0 Å². The van der Waals surface area contributed by atoms with Gasteiger partial charge in [-0.25, -0.2) is 0 Å². The molecule has 1 fully saturated rings. The molecule has 1 aliphatic rings. The fourth-order valence-electron chi connectivity index (χ4n) is 1.83. The summed E-state index contributed by atoms with van der Waals surface area (Å²) in [5.41, 5.74) is 0. The molecule has 15 heavy (non-hydrogen) atoms. The number of ether oxygens (including phenoxy) is 1. The van der Waals surface area contributed by atoms with Crippen LogP contribution in [0.1, 0.15) is 27.2 Å². The largest absolute Gasteiger partial charge is 0.379 e. The molecule has 0 aromatic carbocycles. The van der Waals surface area contributed by atoms with Crippen LogP contribution < -0.4 is 5.32 Å². The Morgan fingerprint density at radius 2 is 1.93 bits per heavy atom. The van der Waals surface area contributed by atoms with Crippen molar-refractivity contribution in [1.82, 2.24) is 10.2 Å². The first-order valence-electron chi connectivity index (χ1n) is 6.27. The van der Waals surface area contributed by atoms with E-state index >= 15 is 0 Å². The molecule has 1 unspecified atom stereocenters. The number of hydrogen-bond acceptors (Lipinski definition) is 3. The Morgan fingerprint density at radius 1 is 1.27 bits per heavy atom. The standard InChI is InChI=1S/C12H26N2O/c1-4-11(2)12(3)13-5-6-14-7-9-15-10-8-14/h11-13H,4-10H2,1-3H3/t11-,12?/m1/s1. The second-order valence-electron chi connectivity index (χ2n) is 4.58. The van der Waals surface area contributed by atoms with Gasteiger partial charge in [0.05, 0.1) is 13.2 Å². The molecule has 1 rings (SSSR count). The lowest BCUT2D eigenvalue weighted by Crippen LogP contribution is -2.42. The molecular weight excluding hydrogens is 188 g/mol. The van der Waals surface area contributed by atoms with E-state index in [-0.39, 0.29) is 0 Å². The molecule has 0 spiro atoms. The molecule has 1 saturated heterocycles. The fourth-order valence-corrected chi connectivity index (χ4v) is 1.83. The minimum Gasteiger partial charge on any atom is -0.379 e. The van der Waals surface area contributed by atoms with E-state index in [1.165, 1.54) is 6.42 Å². The van der Waals surface area contributed by atoms with Gasteiger partial charge in [0.25, 0.3) is 0 Å². The van der Waals surface area contributed by atoms with Gasteiger partial charge in [-0.1, -0.05) is 20.3 Å². The van der Waals surface area contributed by atoms with Crippen molar-refractivity contribution in [2.45, 2.75) is 33.2 Å². The van der Waals surface area contributed by atoms with E-state index in [0.717, 1.165) is 45.3 Å². The van der Waals surface area contributed by atoms with Gasteiger partial charge >= 0.3 is 0 Å². The maximum atomic E-state index is 5.32. The van der Waals surface area contributed by atoms with E-state index in [1.54, 1.807) is 0 Å². The molecule has 0 aliphatic carbocycles.